The molecule has 1 N–H and O–H groups in total. The molecular formula is C18H25IN4S. The number of aliphatic imine (C=N–C) groups is 1. The second-order valence-corrected chi connectivity index (χ2v) is 6.59. The normalized spacial score (nSPS) is 15.1. The van der Waals surface area contributed by atoms with Gasteiger partial charge in [0.1, 0.15) is 0 Å². The first-order valence-electron chi connectivity index (χ1n) is 8.22. The zero-order chi connectivity index (χ0) is 15.9. The number of hydrogen-bond donors (Lipinski definition) is 1. The van der Waals surface area contributed by atoms with Crippen molar-refractivity contribution in [2.24, 2.45) is 4.99 Å². The topological polar surface area (TPSA) is 30.9 Å². The van der Waals surface area contributed by atoms with Crippen molar-refractivity contribution in [3.63, 3.8) is 0 Å². The molecule has 0 aliphatic carbocycles. The molecule has 0 bridgehead atoms. The van der Waals surface area contributed by atoms with E-state index in [0.29, 0.717) is 0 Å². The molecule has 6 heteroatoms. The minimum Gasteiger partial charge on any atom is -0.368 e. The Morgan fingerprint density at radius 1 is 1.08 bits per heavy atom. The highest BCUT2D eigenvalue weighted by Crippen LogP contribution is 2.16. The first-order chi connectivity index (χ1) is 11.4. The molecule has 0 saturated carbocycles. The Kier molecular flexibility index (Phi) is 7.84. The van der Waals surface area contributed by atoms with Gasteiger partial charge < -0.3 is 15.1 Å². The van der Waals surface area contributed by atoms with Gasteiger partial charge in [0.2, 0.25) is 0 Å². The second-order valence-electron chi connectivity index (χ2n) is 5.56. The van der Waals surface area contributed by atoms with E-state index in [-0.39, 0.29) is 24.0 Å². The van der Waals surface area contributed by atoms with E-state index in [2.05, 4.69) is 69.9 Å². The van der Waals surface area contributed by atoms with Gasteiger partial charge in [0.25, 0.3) is 0 Å². The number of hydrogen-bond acceptors (Lipinski definition) is 3. The lowest BCUT2D eigenvalue weighted by Crippen LogP contribution is -2.52. The molecule has 1 saturated heterocycles. The van der Waals surface area contributed by atoms with Crippen molar-refractivity contribution in [3.05, 3.63) is 52.7 Å². The number of nitrogens with zero attached hydrogens (tertiary/aromatic N) is 3. The quantitative estimate of drug-likeness (QED) is 0.433. The van der Waals surface area contributed by atoms with Crippen LogP contribution >= 0.6 is 35.3 Å². The van der Waals surface area contributed by atoms with Crippen LogP contribution in [0, 0.1) is 0 Å². The fourth-order valence-corrected chi connectivity index (χ4v) is 3.42. The Bertz CT molecular complexity index is 607. The van der Waals surface area contributed by atoms with Gasteiger partial charge in [-0.1, -0.05) is 24.3 Å². The monoisotopic (exact) mass is 456 g/mol. The minimum atomic E-state index is 0. The molecule has 1 aliphatic heterocycles. The Hall–Kier alpha value is -1.28. The van der Waals surface area contributed by atoms with Gasteiger partial charge in [-0.15, -0.1) is 35.3 Å². The van der Waals surface area contributed by atoms with Crippen molar-refractivity contribution < 1.29 is 0 Å². The SMILES string of the molecule is CCNC(=NCc1cccs1)N1CCN(c2ccccc2)CC1.I. The van der Waals surface area contributed by atoms with Gasteiger partial charge in [-0.05, 0) is 30.5 Å². The molecule has 0 radical (unpaired) electrons. The molecule has 2 aromatic rings. The van der Waals surface area contributed by atoms with Crippen LogP contribution < -0.4 is 10.2 Å². The standard InChI is InChI=1S/C18H24N4S.HI/c1-2-19-18(20-15-17-9-6-14-23-17)22-12-10-21(11-13-22)16-7-4-3-5-8-16;/h3-9,14H,2,10-13,15H2,1H3,(H,19,20);1H. The number of thiophene rings is 1. The summed E-state index contributed by atoms with van der Waals surface area (Å²) in [5, 5.41) is 5.54. The number of benzene rings is 1. The maximum atomic E-state index is 4.80. The molecule has 2 heterocycles. The molecule has 0 spiro atoms. The molecule has 0 unspecified atom stereocenters. The van der Waals surface area contributed by atoms with E-state index in [0.717, 1.165) is 45.2 Å². The summed E-state index contributed by atoms with van der Waals surface area (Å²) < 4.78 is 0. The molecule has 4 nitrogen and oxygen atoms in total. The second kappa shape index (κ2) is 9.88. The summed E-state index contributed by atoms with van der Waals surface area (Å²) in [5.74, 6) is 1.04. The number of piperazine rings is 1. The fraction of sp³-hybridized carbons (Fsp3) is 0.389. The summed E-state index contributed by atoms with van der Waals surface area (Å²) in [4.78, 5) is 10.9. The third-order valence-corrected chi connectivity index (χ3v) is 4.86. The van der Waals surface area contributed by atoms with E-state index < -0.39 is 0 Å². The average molecular weight is 456 g/mol. The van der Waals surface area contributed by atoms with E-state index in [1.54, 1.807) is 11.3 Å². The lowest BCUT2D eigenvalue weighted by Gasteiger charge is -2.37. The summed E-state index contributed by atoms with van der Waals surface area (Å²) in [6.07, 6.45) is 0. The predicted molar refractivity (Wildman–Crippen MR) is 115 cm³/mol. The van der Waals surface area contributed by atoms with Crippen molar-refractivity contribution in [1.82, 2.24) is 10.2 Å². The third-order valence-electron chi connectivity index (χ3n) is 4.00. The molecule has 130 valence electrons. The Balaban J connectivity index is 0.00000208. The van der Waals surface area contributed by atoms with Gasteiger partial charge in [-0.2, -0.15) is 0 Å². The number of para-hydroxylation sites is 1. The largest absolute Gasteiger partial charge is 0.368 e. The molecule has 3 rings (SSSR count). The minimum absolute atomic E-state index is 0. The molecule has 0 atom stereocenters. The van der Waals surface area contributed by atoms with Crippen LogP contribution in [-0.2, 0) is 6.54 Å². The summed E-state index contributed by atoms with van der Waals surface area (Å²) in [7, 11) is 0. The number of halogens is 1. The number of anilines is 1. The summed E-state index contributed by atoms with van der Waals surface area (Å²) >= 11 is 1.77. The van der Waals surface area contributed by atoms with E-state index in [1.165, 1.54) is 10.6 Å². The van der Waals surface area contributed by atoms with Crippen molar-refractivity contribution in [2.75, 3.05) is 37.6 Å². The van der Waals surface area contributed by atoms with Crippen LogP contribution in [0.1, 0.15) is 11.8 Å². The first-order valence-corrected chi connectivity index (χ1v) is 9.10. The highest BCUT2D eigenvalue weighted by molar-refractivity contribution is 14.0. The first kappa shape index (κ1) is 19.1. The maximum Gasteiger partial charge on any atom is 0.194 e. The lowest BCUT2D eigenvalue weighted by molar-refractivity contribution is 0.372. The van der Waals surface area contributed by atoms with Crippen LogP contribution in [0.5, 0.6) is 0 Å². The summed E-state index contributed by atoms with van der Waals surface area (Å²) in [6, 6.07) is 14.9. The van der Waals surface area contributed by atoms with Gasteiger partial charge in [0, 0.05) is 43.3 Å². The molecule has 0 amide bonds. The van der Waals surface area contributed by atoms with Crippen LogP contribution in [0.15, 0.2) is 52.8 Å². The van der Waals surface area contributed by atoms with Gasteiger partial charge in [-0.3, -0.25) is 0 Å². The molecule has 1 aromatic heterocycles. The molecular weight excluding hydrogens is 431 g/mol. The van der Waals surface area contributed by atoms with Gasteiger partial charge in [0.15, 0.2) is 5.96 Å². The van der Waals surface area contributed by atoms with Crippen molar-refractivity contribution in [3.8, 4) is 0 Å². The van der Waals surface area contributed by atoms with E-state index in [9.17, 15) is 0 Å². The van der Waals surface area contributed by atoms with E-state index >= 15 is 0 Å². The van der Waals surface area contributed by atoms with Gasteiger partial charge in [0.05, 0.1) is 6.54 Å². The fourth-order valence-electron chi connectivity index (χ4n) is 2.80. The number of rotatable bonds is 4. The Morgan fingerprint density at radius 2 is 1.83 bits per heavy atom. The third kappa shape index (κ3) is 5.11. The average Bonchev–Trinajstić information content (AvgIpc) is 3.13. The van der Waals surface area contributed by atoms with E-state index in [1.807, 2.05) is 0 Å². The van der Waals surface area contributed by atoms with Crippen LogP contribution in [0.4, 0.5) is 5.69 Å². The summed E-state index contributed by atoms with van der Waals surface area (Å²) in [5.41, 5.74) is 1.31. The lowest BCUT2D eigenvalue weighted by atomic mass is 10.2. The smallest absolute Gasteiger partial charge is 0.194 e. The number of guanidine groups is 1. The zero-order valence-electron chi connectivity index (χ0n) is 14.0. The van der Waals surface area contributed by atoms with Crippen LogP contribution in [0.25, 0.3) is 0 Å². The van der Waals surface area contributed by atoms with Crippen LogP contribution in [0.2, 0.25) is 0 Å². The number of nitrogens with one attached hydrogen (secondary N) is 1. The van der Waals surface area contributed by atoms with Crippen LogP contribution in [0.3, 0.4) is 0 Å². The van der Waals surface area contributed by atoms with Gasteiger partial charge in [-0.25, -0.2) is 4.99 Å². The Morgan fingerprint density at radius 3 is 2.46 bits per heavy atom. The highest BCUT2D eigenvalue weighted by Gasteiger charge is 2.19. The van der Waals surface area contributed by atoms with Crippen molar-refractivity contribution >= 4 is 47.0 Å². The van der Waals surface area contributed by atoms with Gasteiger partial charge >= 0.3 is 0 Å². The molecule has 1 aliphatic rings. The molecule has 1 fully saturated rings. The zero-order valence-corrected chi connectivity index (χ0v) is 17.2. The summed E-state index contributed by atoms with van der Waals surface area (Å²) in [6.45, 7) is 7.87. The molecule has 24 heavy (non-hydrogen) atoms. The van der Waals surface area contributed by atoms with Crippen LogP contribution in [-0.4, -0.2) is 43.6 Å². The maximum absolute atomic E-state index is 4.80. The van der Waals surface area contributed by atoms with E-state index in [4.69, 9.17) is 4.99 Å². The Labute approximate surface area is 165 Å². The highest BCUT2D eigenvalue weighted by atomic mass is 127. The van der Waals surface area contributed by atoms with Crippen molar-refractivity contribution in [1.29, 1.82) is 0 Å². The van der Waals surface area contributed by atoms with Crippen molar-refractivity contribution in [2.45, 2.75) is 13.5 Å². The predicted octanol–water partition coefficient (Wildman–Crippen LogP) is 3.65. The molecule has 1 aromatic carbocycles.